The van der Waals surface area contributed by atoms with E-state index in [0.717, 1.165) is 11.3 Å². The highest BCUT2D eigenvalue weighted by Gasteiger charge is 2.20. The molecule has 0 aromatic carbocycles. The molecule has 0 aliphatic carbocycles. The van der Waals surface area contributed by atoms with Gasteiger partial charge in [0, 0.05) is 11.6 Å². The van der Waals surface area contributed by atoms with Gasteiger partial charge in [-0.25, -0.2) is 9.78 Å². The molecule has 0 unspecified atom stereocenters. The Hall–Kier alpha value is -1.76. The lowest BCUT2D eigenvalue weighted by molar-refractivity contribution is -0.149. The number of hydrogen-bond acceptors (Lipinski definition) is 6. The van der Waals surface area contributed by atoms with Crippen LogP contribution < -0.4 is 5.48 Å². The largest absolute Gasteiger partial charge is 0.406 e. The highest BCUT2D eigenvalue weighted by molar-refractivity contribution is 7.12. The Morgan fingerprint density at radius 2 is 2.38 bits per heavy atom. The third-order valence-corrected chi connectivity index (χ3v) is 1.78. The number of carbonyl (C=O) groups excluding carboxylic acids is 3. The van der Waals surface area contributed by atoms with Crippen molar-refractivity contribution < 1.29 is 19.2 Å². The van der Waals surface area contributed by atoms with E-state index in [1.807, 2.05) is 0 Å². The van der Waals surface area contributed by atoms with Gasteiger partial charge in [-0.2, -0.15) is 5.48 Å². The topological polar surface area (TPSA) is 85.4 Å². The molecule has 0 saturated carbocycles. The standard InChI is InChI=1S/C6H4N2O4S/c9-3-8-12-6(11)4(10)5-7-1-2-13-5/h1-3H,(H,8,9). The molecule has 0 aliphatic rings. The molecule has 13 heavy (non-hydrogen) atoms. The monoisotopic (exact) mass is 200 g/mol. The molecular weight excluding hydrogens is 196 g/mol. The van der Waals surface area contributed by atoms with Crippen molar-refractivity contribution in [2.75, 3.05) is 0 Å². The van der Waals surface area contributed by atoms with Crippen LogP contribution in [-0.2, 0) is 14.4 Å². The molecule has 1 aromatic rings. The molecule has 0 atom stereocenters. The quantitative estimate of drug-likeness (QED) is 0.307. The number of rotatable bonds is 4. The van der Waals surface area contributed by atoms with E-state index >= 15 is 0 Å². The number of ketones is 1. The number of nitrogens with one attached hydrogen (secondary N) is 1. The van der Waals surface area contributed by atoms with Crippen molar-refractivity contribution in [3.8, 4) is 0 Å². The van der Waals surface area contributed by atoms with E-state index in [-0.39, 0.29) is 11.4 Å². The van der Waals surface area contributed by atoms with Gasteiger partial charge in [0.15, 0.2) is 5.01 Å². The fraction of sp³-hybridized carbons (Fsp3) is 0. The molecule has 0 fully saturated rings. The molecule has 0 bridgehead atoms. The number of hydrogen-bond donors (Lipinski definition) is 1. The lowest BCUT2D eigenvalue weighted by atomic mass is 10.4. The lowest BCUT2D eigenvalue weighted by Gasteiger charge is -1.96. The zero-order valence-electron chi connectivity index (χ0n) is 6.22. The smallest absolute Gasteiger partial charge is 0.332 e. The number of thiazole rings is 1. The first-order valence-corrected chi connectivity index (χ1v) is 3.98. The minimum Gasteiger partial charge on any atom is -0.332 e. The lowest BCUT2D eigenvalue weighted by Crippen LogP contribution is -2.24. The van der Waals surface area contributed by atoms with Gasteiger partial charge in [0.1, 0.15) is 0 Å². The number of nitrogens with zero attached hydrogens (tertiary/aromatic N) is 1. The number of amides is 1. The van der Waals surface area contributed by atoms with Crippen molar-refractivity contribution in [1.82, 2.24) is 10.5 Å². The van der Waals surface area contributed by atoms with Crippen molar-refractivity contribution in [2.24, 2.45) is 0 Å². The third kappa shape index (κ3) is 2.34. The predicted molar refractivity (Wildman–Crippen MR) is 41.7 cm³/mol. The van der Waals surface area contributed by atoms with E-state index in [1.165, 1.54) is 6.20 Å². The summed E-state index contributed by atoms with van der Waals surface area (Å²) in [5.74, 6) is -2.05. The van der Waals surface area contributed by atoms with Gasteiger partial charge in [-0.05, 0) is 0 Å². The summed E-state index contributed by atoms with van der Waals surface area (Å²) in [4.78, 5) is 39.1. The van der Waals surface area contributed by atoms with Crippen LogP contribution in [-0.4, -0.2) is 23.1 Å². The van der Waals surface area contributed by atoms with Gasteiger partial charge in [0.25, 0.3) is 0 Å². The van der Waals surface area contributed by atoms with Crippen LogP contribution in [0.15, 0.2) is 11.6 Å². The maximum Gasteiger partial charge on any atom is 0.406 e. The normalized spacial score (nSPS) is 8.92. The van der Waals surface area contributed by atoms with E-state index in [0.29, 0.717) is 0 Å². The molecule has 1 amide bonds. The molecule has 0 saturated heterocycles. The summed E-state index contributed by atoms with van der Waals surface area (Å²) in [6.07, 6.45) is 1.53. The van der Waals surface area contributed by atoms with Crippen molar-refractivity contribution >= 4 is 29.5 Å². The van der Waals surface area contributed by atoms with Crippen LogP contribution in [0.3, 0.4) is 0 Å². The molecular formula is C6H4N2O4S. The van der Waals surface area contributed by atoms with Gasteiger partial charge in [-0.15, -0.1) is 11.3 Å². The van der Waals surface area contributed by atoms with Gasteiger partial charge in [-0.1, -0.05) is 0 Å². The van der Waals surface area contributed by atoms with E-state index in [2.05, 4.69) is 9.82 Å². The molecule has 6 nitrogen and oxygen atoms in total. The third-order valence-electron chi connectivity index (χ3n) is 1.01. The molecule has 0 aliphatic heterocycles. The Balaban J connectivity index is 2.58. The van der Waals surface area contributed by atoms with Gasteiger partial charge < -0.3 is 4.84 Å². The second-order valence-corrected chi connectivity index (χ2v) is 2.69. The fourth-order valence-corrected chi connectivity index (χ4v) is 1.11. The second-order valence-electron chi connectivity index (χ2n) is 1.79. The Morgan fingerprint density at radius 1 is 1.62 bits per heavy atom. The van der Waals surface area contributed by atoms with Gasteiger partial charge >= 0.3 is 11.8 Å². The minimum atomic E-state index is -1.16. The number of aromatic nitrogens is 1. The number of hydroxylamine groups is 1. The van der Waals surface area contributed by atoms with Crippen LogP contribution >= 0.6 is 11.3 Å². The van der Waals surface area contributed by atoms with Gasteiger partial charge in [0.2, 0.25) is 6.41 Å². The van der Waals surface area contributed by atoms with Gasteiger partial charge in [0.05, 0.1) is 0 Å². The summed E-state index contributed by atoms with van der Waals surface area (Å²) in [6, 6.07) is 0. The van der Waals surface area contributed by atoms with Crippen LogP contribution in [0.2, 0.25) is 0 Å². The van der Waals surface area contributed by atoms with Crippen molar-refractivity contribution in [3.05, 3.63) is 16.6 Å². The van der Waals surface area contributed by atoms with E-state index < -0.39 is 11.8 Å². The van der Waals surface area contributed by atoms with E-state index in [9.17, 15) is 14.4 Å². The molecule has 7 heteroatoms. The zero-order valence-corrected chi connectivity index (χ0v) is 7.04. The van der Waals surface area contributed by atoms with Gasteiger partial charge in [-0.3, -0.25) is 9.59 Å². The SMILES string of the molecule is O=CNOC(=O)C(=O)c1nccs1. The average Bonchev–Trinajstić information content (AvgIpc) is 2.65. The first-order valence-electron chi connectivity index (χ1n) is 3.10. The summed E-state index contributed by atoms with van der Waals surface area (Å²) < 4.78 is 0. The molecule has 1 N–H and O–H groups in total. The molecule has 1 rings (SSSR count). The maximum absolute atomic E-state index is 11.0. The van der Waals surface area contributed by atoms with Crippen LogP contribution in [0.1, 0.15) is 9.80 Å². The van der Waals surface area contributed by atoms with Crippen LogP contribution in [0.5, 0.6) is 0 Å². The molecule has 0 spiro atoms. The average molecular weight is 200 g/mol. The summed E-state index contributed by atoms with van der Waals surface area (Å²) in [6.45, 7) is 0. The molecule has 1 aromatic heterocycles. The number of carbonyl (C=O) groups is 3. The summed E-state index contributed by atoms with van der Waals surface area (Å²) in [7, 11) is 0. The van der Waals surface area contributed by atoms with Crippen molar-refractivity contribution in [1.29, 1.82) is 0 Å². The van der Waals surface area contributed by atoms with Crippen LogP contribution in [0.25, 0.3) is 0 Å². The molecule has 68 valence electrons. The summed E-state index contributed by atoms with van der Waals surface area (Å²) >= 11 is 1.02. The zero-order chi connectivity index (χ0) is 9.68. The van der Waals surface area contributed by atoms with E-state index in [4.69, 9.17) is 0 Å². The maximum atomic E-state index is 11.0. The predicted octanol–water partition coefficient (Wildman–Crippen LogP) is -0.470. The minimum absolute atomic E-state index is 0.0256. The van der Waals surface area contributed by atoms with Crippen molar-refractivity contribution in [3.63, 3.8) is 0 Å². The van der Waals surface area contributed by atoms with Crippen LogP contribution in [0, 0.1) is 0 Å². The first-order chi connectivity index (χ1) is 6.25. The Morgan fingerprint density at radius 3 is 2.92 bits per heavy atom. The second kappa shape index (κ2) is 4.31. The summed E-state index contributed by atoms with van der Waals surface area (Å²) in [5.41, 5.74) is 1.62. The Labute approximate surface area is 76.5 Å². The Bertz CT molecular complexity index is 321. The van der Waals surface area contributed by atoms with Crippen molar-refractivity contribution in [2.45, 2.75) is 0 Å². The molecule has 1 heterocycles. The number of Topliss-reactive ketones (excluding diaryl/α,β-unsaturated/α-hetero) is 1. The Kier molecular flexibility index (Phi) is 3.09. The fourth-order valence-electron chi connectivity index (χ4n) is 0.547. The highest BCUT2D eigenvalue weighted by atomic mass is 32.1. The van der Waals surface area contributed by atoms with E-state index in [1.54, 1.807) is 10.9 Å². The highest BCUT2D eigenvalue weighted by Crippen LogP contribution is 2.05. The van der Waals surface area contributed by atoms with Crippen LogP contribution in [0.4, 0.5) is 0 Å². The summed E-state index contributed by atoms with van der Waals surface area (Å²) in [5, 5.41) is 1.57. The molecule has 0 radical (unpaired) electrons. The first kappa shape index (κ1) is 9.33.